The largest absolute Gasteiger partial charge is 0.438 e. The van der Waals surface area contributed by atoms with Crippen molar-refractivity contribution < 1.29 is 24.4 Å². The monoisotopic (exact) mass is 450 g/mol. The number of hydrogen-bond donors (Lipinski definition) is 2. The minimum absolute atomic E-state index is 0.0846. The van der Waals surface area contributed by atoms with Gasteiger partial charge in [-0.15, -0.1) is 58.8 Å². The second-order valence-electron chi connectivity index (χ2n) is 3.90. The summed E-state index contributed by atoms with van der Waals surface area (Å²) < 4.78 is 4.97. The lowest BCUT2D eigenvalue weighted by Crippen LogP contribution is -2.26. The highest BCUT2D eigenvalue weighted by Crippen LogP contribution is 2.11. The number of ether oxygens (including phenoxy) is 1. The van der Waals surface area contributed by atoms with Crippen molar-refractivity contribution in [2.75, 3.05) is 58.3 Å². The van der Waals surface area contributed by atoms with E-state index in [1.165, 1.54) is 29.9 Å². The van der Waals surface area contributed by atoms with Gasteiger partial charge in [-0.1, -0.05) is 6.92 Å². The fraction of sp³-hybridized carbons (Fsp3) is 0.846. The molecule has 0 radical (unpaired) electrons. The predicted molar refractivity (Wildman–Crippen MR) is 115 cm³/mol. The molecule has 12 heteroatoms. The minimum atomic E-state index is -0.399. The SMILES string of the molecule is CCSCOOC=NCCSCSCCNC(=O)OCSCSCO. The second kappa shape index (κ2) is 22.5. The van der Waals surface area contributed by atoms with Crippen LogP contribution in [-0.2, 0) is 14.5 Å². The van der Waals surface area contributed by atoms with Gasteiger partial charge in [-0.3, -0.25) is 4.99 Å². The van der Waals surface area contributed by atoms with E-state index in [0.717, 1.165) is 22.3 Å². The van der Waals surface area contributed by atoms with E-state index in [9.17, 15) is 4.79 Å². The predicted octanol–water partition coefficient (Wildman–Crippen LogP) is 3.15. The van der Waals surface area contributed by atoms with Crippen LogP contribution in [0.3, 0.4) is 0 Å². The van der Waals surface area contributed by atoms with Crippen LogP contribution in [0.5, 0.6) is 0 Å². The first-order chi connectivity index (χ1) is 12.3. The summed E-state index contributed by atoms with van der Waals surface area (Å²) in [6.45, 7) is 3.33. The molecule has 0 fully saturated rings. The first-order valence-corrected chi connectivity index (χ1v) is 13.2. The maximum atomic E-state index is 11.3. The second-order valence-corrected chi connectivity index (χ2v) is 9.95. The number of nitrogens with zero attached hydrogens (tertiary/aromatic N) is 1. The van der Waals surface area contributed by atoms with Crippen molar-refractivity contribution in [3.63, 3.8) is 0 Å². The van der Waals surface area contributed by atoms with Gasteiger partial charge in [0.15, 0.2) is 0 Å². The molecule has 0 spiro atoms. The number of aliphatic hydroxyl groups is 1. The Bertz CT molecular complexity index is 329. The van der Waals surface area contributed by atoms with Gasteiger partial charge in [0.25, 0.3) is 0 Å². The van der Waals surface area contributed by atoms with Gasteiger partial charge in [0.2, 0.25) is 6.40 Å². The van der Waals surface area contributed by atoms with E-state index in [4.69, 9.17) is 19.6 Å². The van der Waals surface area contributed by atoms with Crippen molar-refractivity contribution in [2.45, 2.75) is 6.92 Å². The van der Waals surface area contributed by atoms with E-state index in [-0.39, 0.29) is 5.94 Å². The molecule has 0 aliphatic carbocycles. The van der Waals surface area contributed by atoms with Gasteiger partial charge in [0, 0.05) is 28.2 Å². The number of nitrogens with one attached hydrogen (secondary N) is 1. The Labute approximate surface area is 170 Å². The summed E-state index contributed by atoms with van der Waals surface area (Å²) in [5.74, 6) is 3.64. The summed E-state index contributed by atoms with van der Waals surface area (Å²) in [6.07, 6.45) is 0.934. The van der Waals surface area contributed by atoms with Crippen LogP contribution in [0, 0.1) is 0 Å². The number of carbonyl (C=O) groups excluding carboxylic acids is 1. The lowest BCUT2D eigenvalue weighted by Gasteiger charge is -2.06. The Balaban J connectivity index is 3.17. The Kier molecular flexibility index (Phi) is 22.8. The van der Waals surface area contributed by atoms with Crippen molar-refractivity contribution in [1.82, 2.24) is 5.32 Å². The van der Waals surface area contributed by atoms with Gasteiger partial charge in [-0.2, -0.15) is 4.89 Å². The number of rotatable bonds is 18. The summed E-state index contributed by atoms with van der Waals surface area (Å²) in [7, 11) is 0. The first-order valence-electron chi connectivity index (χ1n) is 7.48. The van der Waals surface area contributed by atoms with E-state index < -0.39 is 6.09 Å². The molecule has 0 aromatic heterocycles. The lowest BCUT2D eigenvalue weighted by atomic mass is 10.7. The third-order valence-electron chi connectivity index (χ3n) is 2.10. The molecule has 0 atom stereocenters. The van der Waals surface area contributed by atoms with Gasteiger partial charge in [0.05, 0.1) is 12.5 Å². The number of hydrogen-bond acceptors (Lipinski definition) is 11. The van der Waals surface area contributed by atoms with Gasteiger partial charge in [0.1, 0.15) is 11.9 Å². The molecule has 2 N–H and O–H groups in total. The lowest BCUT2D eigenvalue weighted by molar-refractivity contribution is -0.196. The van der Waals surface area contributed by atoms with Crippen LogP contribution in [0.15, 0.2) is 4.99 Å². The molecule has 148 valence electrons. The molecule has 25 heavy (non-hydrogen) atoms. The fourth-order valence-corrected chi connectivity index (χ4v) is 4.47. The van der Waals surface area contributed by atoms with Crippen molar-refractivity contribution in [3.05, 3.63) is 0 Å². The Morgan fingerprint density at radius 2 is 1.92 bits per heavy atom. The quantitative estimate of drug-likeness (QED) is 0.0810. The number of thioether (sulfide) groups is 5. The summed E-state index contributed by atoms with van der Waals surface area (Å²) in [5.41, 5.74) is 0. The van der Waals surface area contributed by atoms with Crippen LogP contribution in [0.4, 0.5) is 4.79 Å². The molecule has 0 aliphatic rings. The smallest absolute Gasteiger partial charge is 0.407 e. The van der Waals surface area contributed by atoms with Crippen molar-refractivity contribution >= 4 is 71.3 Å². The van der Waals surface area contributed by atoms with Crippen LogP contribution in [0.25, 0.3) is 0 Å². The van der Waals surface area contributed by atoms with Gasteiger partial charge in [-0.25, -0.2) is 4.79 Å². The highest BCUT2D eigenvalue weighted by Gasteiger charge is 2.00. The normalized spacial score (nSPS) is 11.0. The van der Waals surface area contributed by atoms with Crippen LogP contribution < -0.4 is 5.32 Å². The zero-order valence-electron chi connectivity index (χ0n) is 14.2. The van der Waals surface area contributed by atoms with Gasteiger partial charge >= 0.3 is 6.09 Å². The number of aliphatic imine (C=N–C) groups is 1. The van der Waals surface area contributed by atoms with E-state index in [1.807, 2.05) is 0 Å². The van der Waals surface area contributed by atoms with Crippen molar-refractivity contribution in [3.8, 4) is 0 Å². The van der Waals surface area contributed by atoms with Crippen LogP contribution in [-0.4, -0.2) is 75.9 Å². The highest BCUT2D eigenvalue weighted by molar-refractivity contribution is 8.16. The number of carbonyl (C=O) groups is 1. The van der Waals surface area contributed by atoms with Gasteiger partial charge < -0.3 is 20.0 Å². The van der Waals surface area contributed by atoms with Crippen molar-refractivity contribution in [1.29, 1.82) is 0 Å². The van der Waals surface area contributed by atoms with E-state index in [1.54, 1.807) is 35.3 Å². The molecule has 0 unspecified atom stereocenters. The molecule has 0 saturated heterocycles. The third kappa shape index (κ3) is 22.4. The van der Waals surface area contributed by atoms with Crippen molar-refractivity contribution in [2.24, 2.45) is 4.99 Å². The molecular weight excluding hydrogens is 424 g/mol. The number of aliphatic hydroxyl groups excluding tert-OH is 1. The molecule has 0 bridgehead atoms. The average molecular weight is 451 g/mol. The molecule has 0 aromatic rings. The maximum absolute atomic E-state index is 11.3. The first kappa shape index (κ1) is 25.4. The van der Waals surface area contributed by atoms with Crippen LogP contribution >= 0.6 is 58.8 Å². The summed E-state index contributed by atoms with van der Waals surface area (Å²) in [5, 5.41) is 12.9. The molecule has 0 heterocycles. The topological polar surface area (TPSA) is 89.4 Å². The molecule has 0 rings (SSSR count). The average Bonchev–Trinajstić information content (AvgIpc) is 2.62. The Morgan fingerprint density at radius 1 is 1.12 bits per heavy atom. The Hall–Kier alpha value is 0.410. The van der Waals surface area contributed by atoms with Crippen LogP contribution in [0.2, 0.25) is 0 Å². The molecule has 1 amide bonds. The zero-order chi connectivity index (χ0) is 18.4. The summed E-state index contributed by atoms with van der Waals surface area (Å²) >= 11 is 8.00. The Morgan fingerprint density at radius 3 is 2.72 bits per heavy atom. The fourth-order valence-electron chi connectivity index (χ4n) is 1.05. The van der Waals surface area contributed by atoms with E-state index in [0.29, 0.717) is 30.1 Å². The highest BCUT2D eigenvalue weighted by atomic mass is 32.2. The molecular formula is C13H26N2O5S5. The molecule has 0 aromatic carbocycles. The van der Waals surface area contributed by atoms with Gasteiger partial charge in [-0.05, 0) is 5.75 Å². The molecule has 0 saturated carbocycles. The van der Waals surface area contributed by atoms with E-state index >= 15 is 0 Å². The number of alkyl carbamates (subject to hydrolysis) is 1. The standard InChI is InChI=1S/C13H26N2O5S5/c1-2-21-10-20-19-7-14-3-5-22-11-23-6-4-15-13(17)18-9-25-12-24-8-16/h7,16H,2-6,8-12H2,1H3,(H,15,17). The number of amides is 1. The molecule has 0 aliphatic heterocycles. The minimum Gasteiger partial charge on any atom is -0.438 e. The third-order valence-corrected chi connectivity index (χ3v) is 6.87. The summed E-state index contributed by atoms with van der Waals surface area (Å²) in [6, 6.07) is 0. The van der Waals surface area contributed by atoms with E-state index in [2.05, 4.69) is 17.2 Å². The zero-order valence-corrected chi connectivity index (χ0v) is 18.3. The van der Waals surface area contributed by atoms with Crippen LogP contribution in [0.1, 0.15) is 6.92 Å². The maximum Gasteiger partial charge on any atom is 0.407 e. The summed E-state index contributed by atoms with van der Waals surface area (Å²) in [4.78, 5) is 25.0. The molecule has 7 nitrogen and oxygen atoms in total.